The standard InChI is InChI=1S/C18H18N6O3/c1-27-16-8-7-14(20-17(25)9-10-24-12-19-22-23-24)11-15(16)21-18(26)13-5-3-2-4-6-13/h2-8,11-12H,9-10H2,1H3,(H,20,25)(H,21,26). The molecule has 0 unspecified atom stereocenters. The number of carbonyl (C=O) groups is 2. The first-order valence-corrected chi connectivity index (χ1v) is 8.21. The van der Waals surface area contributed by atoms with Gasteiger partial charge in [-0.1, -0.05) is 18.2 Å². The number of ether oxygens (including phenoxy) is 1. The third-order valence-corrected chi connectivity index (χ3v) is 3.73. The van der Waals surface area contributed by atoms with Gasteiger partial charge in [-0.05, 0) is 40.8 Å². The molecule has 2 amide bonds. The summed E-state index contributed by atoms with van der Waals surface area (Å²) in [5.41, 5.74) is 1.53. The molecule has 0 radical (unpaired) electrons. The number of hydrogen-bond acceptors (Lipinski definition) is 6. The lowest BCUT2D eigenvalue weighted by atomic mass is 10.2. The Hall–Kier alpha value is -3.75. The van der Waals surface area contributed by atoms with Gasteiger partial charge in [-0.25, -0.2) is 4.68 Å². The molecule has 0 atom stereocenters. The number of aromatic nitrogens is 4. The monoisotopic (exact) mass is 366 g/mol. The van der Waals surface area contributed by atoms with E-state index in [4.69, 9.17) is 4.74 Å². The van der Waals surface area contributed by atoms with E-state index in [9.17, 15) is 9.59 Å². The number of nitrogens with zero attached hydrogens (tertiary/aromatic N) is 4. The van der Waals surface area contributed by atoms with Gasteiger partial charge in [-0.2, -0.15) is 0 Å². The maximum Gasteiger partial charge on any atom is 0.255 e. The van der Waals surface area contributed by atoms with E-state index in [1.54, 1.807) is 42.5 Å². The zero-order valence-electron chi connectivity index (χ0n) is 14.6. The van der Waals surface area contributed by atoms with E-state index in [0.717, 1.165) is 0 Å². The van der Waals surface area contributed by atoms with Gasteiger partial charge in [0.15, 0.2) is 0 Å². The van der Waals surface area contributed by atoms with Gasteiger partial charge in [-0.3, -0.25) is 9.59 Å². The Labute approximate surface area is 155 Å². The Morgan fingerprint density at radius 3 is 2.63 bits per heavy atom. The highest BCUT2D eigenvalue weighted by molar-refractivity contribution is 6.05. The Morgan fingerprint density at radius 1 is 1.11 bits per heavy atom. The molecule has 0 aliphatic rings. The summed E-state index contributed by atoms with van der Waals surface area (Å²) < 4.78 is 6.76. The number of nitrogens with one attached hydrogen (secondary N) is 2. The minimum Gasteiger partial charge on any atom is -0.495 e. The van der Waals surface area contributed by atoms with Gasteiger partial charge in [0, 0.05) is 17.7 Å². The van der Waals surface area contributed by atoms with Gasteiger partial charge < -0.3 is 15.4 Å². The lowest BCUT2D eigenvalue weighted by Gasteiger charge is -2.13. The molecular formula is C18H18N6O3. The zero-order valence-corrected chi connectivity index (χ0v) is 14.6. The van der Waals surface area contributed by atoms with Gasteiger partial charge in [0.25, 0.3) is 5.91 Å². The van der Waals surface area contributed by atoms with Gasteiger partial charge >= 0.3 is 0 Å². The molecule has 1 heterocycles. The fourth-order valence-electron chi connectivity index (χ4n) is 2.39. The molecule has 3 aromatic rings. The summed E-state index contributed by atoms with van der Waals surface area (Å²) in [4.78, 5) is 24.5. The van der Waals surface area contributed by atoms with Gasteiger partial charge in [-0.15, -0.1) is 5.10 Å². The predicted octanol–water partition coefficient (Wildman–Crippen LogP) is 1.96. The maximum atomic E-state index is 12.4. The molecule has 2 N–H and O–H groups in total. The molecule has 0 bridgehead atoms. The van der Waals surface area contributed by atoms with Crippen molar-refractivity contribution in [3.63, 3.8) is 0 Å². The van der Waals surface area contributed by atoms with Crippen molar-refractivity contribution in [2.24, 2.45) is 0 Å². The molecule has 2 aromatic carbocycles. The zero-order chi connectivity index (χ0) is 19.1. The molecule has 27 heavy (non-hydrogen) atoms. The van der Waals surface area contributed by atoms with Crippen molar-refractivity contribution in [3.8, 4) is 5.75 Å². The van der Waals surface area contributed by atoms with Crippen molar-refractivity contribution in [3.05, 3.63) is 60.4 Å². The van der Waals surface area contributed by atoms with E-state index in [0.29, 0.717) is 29.2 Å². The fraction of sp³-hybridized carbons (Fsp3) is 0.167. The number of rotatable bonds is 7. The van der Waals surface area contributed by atoms with E-state index >= 15 is 0 Å². The first kappa shape index (κ1) is 18.1. The average molecular weight is 366 g/mol. The van der Waals surface area contributed by atoms with Crippen molar-refractivity contribution >= 4 is 23.2 Å². The predicted molar refractivity (Wildman–Crippen MR) is 98.5 cm³/mol. The third-order valence-electron chi connectivity index (χ3n) is 3.73. The van der Waals surface area contributed by atoms with Gasteiger partial charge in [0.05, 0.1) is 19.3 Å². The molecule has 9 nitrogen and oxygen atoms in total. The fourth-order valence-corrected chi connectivity index (χ4v) is 2.39. The van der Waals surface area contributed by atoms with Crippen LogP contribution in [0.2, 0.25) is 0 Å². The lowest BCUT2D eigenvalue weighted by Crippen LogP contribution is -2.16. The molecule has 0 aliphatic carbocycles. The normalized spacial score (nSPS) is 10.3. The molecule has 1 aromatic heterocycles. The van der Waals surface area contributed by atoms with E-state index in [1.165, 1.54) is 18.1 Å². The van der Waals surface area contributed by atoms with Gasteiger partial charge in [0.1, 0.15) is 12.1 Å². The molecule has 0 saturated heterocycles. The van der Waals surface area contributed by atoms with Crippen LogP contribution in [-0.2, 0) is 11.3 Å². The van der Waals surface area contributed by atoms with Crippen molar-refractivity contribution in [2.75, 3.05) is 17.7 Å². The molecule has 0 spiro atoms. The number of aryl methyl sites for hydroxylation is 1. The first-order chi connectivity index (χ1) is 13.2. The lowest BCUT2D eigenvalue weighted by molar-refractivity contribution is -0.116. The van der Waals surface area contributed by atoms with Crippen molar-refractivity contribution in [1.29, 1.82) is 0 Å². The summed E-state index contributed by atoms with van der Waals surface area (Å²) in [5, 5.41) is 16.3. The topological polar surface area (TPSA) is 111 Å². The number of tetrazole rings is 1. The van der Waals surface area contributed by atoms with E-state index in [2.05, 4.69) is 26.2 Å². The molecule has 138 valence electrons. The molecule has 9 heteroatoms. The number of anilines is 2. The molecule has 3 rings (SSSR count). The van der Waals surface area contributed by atoms with Crippen molar-refractivity contribution < 1.29 is 14.3 Å². The molecule has 0 saturated carbocycles. The second kappa shape index (κ2) is 8.56. The number of amides is 2. The van der Waals surface area contributed by atoms with Crippen LogP contribution in [0, 0.1) is 0 Å². The smallest absolute Gasteiger partial charge is 0.255 e. The first-order valence-electron chi connectivity index (χ1n) is 8.21. The number of hydrogen-bond donors (Lipinski definition) is 2. The Kier molecular flexibility index (Phi) is 5.73. The number of carbonyl (C=O) groups excluding carboxylic acids is 2. The second-order valence-electron chi connectivity index (χ2n) is 5.61. The highest BCUT2D eigenvalue weighted by Gasteiger charge is 2.12. The summed E-state index contributed by atoms with van der Waals surface area (Å²) >= 11 is 0. The maximum absolute atomic E-state index is 12.4. The van der Waals surface area contributed by atoms with E-state index < -0.39 is 0 Å². The van der Waals surface area contributed by atoms with Crippen LogP contribution < -0.4 is 15.4 Å². The summed E-state index contributed by atoms with van der Waals surface area (Å²) in [6, 6.07) is 13.9. The Bertz CT molecular complexity index is 912. The van der Waals surface area contributed by atoms with Crippen LogP contribution in [-0.4, -0.2) is 39.1 Å². The Balaban J connectivity index is 1.67. The number of methoxy groups -OCH3 is 1. The number of benzene rings is 2. The second-order valence-corrected chi connectivity index (χ2v) is 5.61. The van der Waals surface area contributed by atoms with Crippen molar-refractivity contribution in [1.82, 2.24) is 20.2 Å². The van der Waals surface area contributed by atoms with Crippen LogP contribution in [0.1, 0.15) is 16.8 Å². The summed E-state index contributed by atoms with van der Waals surface area (Å²) in [6.45, 7) is 0.368. The van der Waals surface area contributed by atoms with Crippen LogP contribution in [0.5, 0.6) is 5.75 Å². The minimum absolute atomic E-state index is 0.198. The molecule has 0 fully saturated rings. The Morgan fingerprint density at radius 2 is 1.93 bits per heavy atom. The van der Waals surface area contributed by atoms with Gasteiger partial charge in [0.2, 0.25) is 5.91 Å². The SMILES string of the molecule is COc1ccc(NC(=O)CCn2cnnn2)cc1NC(=O)c1ccccc1. The highest BCUT2D eigenvalue weighted by atomic mass is 16.5. The summed E-state index contributed by atoms with van der Waals surface area (Å²) in [5.74, 6) is 0.0260. The third kappa shape index (κ3) is 4.88. The summed E-state index contributed by atoms with van der Waals surface area (Å²) in [6.07, 6.45) is 1.65. The van der Waals surface area contributed by atoms with Crippen molar-refractivity contribution in [2.45, 2.75) is 13.0 Å². The molecular weight excluding hydrogens is 348 g/mol. The minimum atomic E-state index is -0.268. The van der Waals surface area contributed by atoms with E-state index in [-0.39, 0.29) is 18.2 Å². The van der Waals surface area contributed by atoms with Crippen LogP contribution in [0.3, 0.4) is 0 Å². The van der Waals surface area contributed by atoms with Crippen LogP contribution in [0.15, 0.2) is 54.9 Å². The molecule has 0 aliphatic heterocycles. The largest absolute Gasteiger partial charge is 0.495 e. The van der Waals surface area contributed by atoms with Crippen LogP contribution >= 0.6 is 0 Å². The summed E-state index contributed by atoms with van der Waals surface area (Å²) in [7, 11) is 1.51. The van der Waals surface area contributed by atoms with E-state index in [1.807, 2.05) is 6.07 Å². The van der Waals surface area contributed by atoms with Crippen LogP contribution in [0.4, 0.5) is 11.4 Å². The average Bonchev–Trinajstić information content (AvgIpc) is 3.21. The highest BCUT2D eigenvalue weighted by Crippen LogP contribution is 2.28. The quantitative estimate of drug-likeness (QED) is 0.661. The van der Waals surface area contributed by atoms with Crippen LogP contribution in [0.25, 0.3) is 0 Å².